The number of hydrogen-bond acceptors (Lipinski definition) is 2. The molecule has 0 spiro atoms. The molecule has 2 nitrogen and oxygen atoms in total. The van der Waals surface area contributed by atoms with Gasteiger partial charge in [-0.3, -0.25) is 0 Å². The predicted molar refractivity (Wildman–Crippen MR) is 41.8 cm³/mol. The first-order valence-electron chi connectivity index (χ1n) is 3.87. The second kappa shape index (κ2) is 3.59. The maximum atomic E-state index is 5.09. The van der Waals surface area contributed by atoms with Gasteiger partial charge in [0.25, 0.3) is 0 Å². The van der Waals surface area contributed by atoms with Crippen LogP contribution in [0.5, 0.6) is 0 Å². The van der Waals surface area contributed by atoms with E-state index in [2.05, 4.69) is 19.0 Å². The van der Waals surface area contributed by atoms with E-state index in [1.165, 1.54) is 12.8 Å². The summed E-state index contributed by atoms with van der Waals surface area (Å²) in [6.45, 7) is 5.86. The Bertz CT molecular complexity index is 127. The lowest BCUT2D eigenvalue weighted by Crippen LogP contribution is -1.93. The lowest BCUT2D eigenvalue weighted by atomic mass is 10.2. The molecule has 0 aromatic carbocycles. The Balaban J connectivity index is 2.09. The van der Waals surface area contributed by atoms with Crippen LogP contribution in [0.3, 0.4) is 0 Å². The van der Waals surface area contributed by atoms with Gasteiger partial charge in [-0.15, -0.1) is 0 Å². The second-order valence-corrected chi connectivity index (χ2v) is 2.71. The van der Waals surface area contributed by atoms with Crippen LogP contribution in [0.1, 0.15) is 32.6 Å². The molecular formula is C8H14NO. The largest absolute Gasteiger partial charge is 0.393 e. The van der Waals surface area contributed by atoms with E-state index in [0.717, 1.165) is 18.6 Å². The Morgan fingerprint density at radius 2 is 2.40 bits per heavy atom. The molecule has 0 atom stereocenters. The molecule has 0 bridgehead atoms. The van der Waals surface area contributed by atoms with Gasteiger partial charge in [0.2, 0.25) is 0 Å². The van der Waals surface area contributed by atoms with Crippen LogP contribution in [0.25, 0.3) is 0 Å². The molecule has 0 aliphatic heterocycles. The summed E-state index contributed by atoms with van der Waals surface area (Å²) in [7, 11) is 0. The topological polar surface area (TPSA) is 21.6 Å². The van der Waals surface area contributed by atoms with Crippen molar-refractivity contribution in [1.29, 1.82) is 0 Å². The molecule has 0 aromatic heterocycles. The molecule has 0 N–H and O–H groups in total. The number of hydrogen-bond donors (Lipinski definition) is 0. The Morgan fingerprint density at radius 3 is 2.90 bits per heavy atom. The maximum absolute atomic E-state index is 5.09. The van der Waals surface area contributed by atoms with Gasteiger partial charge in [0.1, 0.15) is 6.10 Å². The number of rotatable bonds is 4. The van der Waals surface area contributed by atoms with Crippen LogP contribution >= 0.6 is 0 Å². The van der Waals surface area contributed by atoms with Gasteiger partial charge in [-0.05, 0) is 26.2 Å². The van der Waals surface area contributed by atoms with Crippen LogP contribution in [0.4, 0.5) is 0 Å². The van der Waals surface area contributed by atoms with Crippen LogP contribution in [0.15, 0.2) is 5.16 Å². The van der Waals surface area contributed by atoms with Gasteiger partial charge in [-0.1, -0.05) is 18.5 Å². The van der Waals surface area contributed by atoms with Gasteiger partial charge < -0.3 is 4.84 Å². The standard InChI is InChI=1S/C8H14NO/c1-3-4-7(2)9-10-8-5-6-8/h8H,2-6H2,1H3. The molecule has 1 aliphatic carbocycles. The Morgan fingerprint density at radius 1 is 1.70 bits per heavy atom. The highest BCUT2D eigenvalue weighted by Gasteiger charge is 2.23. The molecule has 0 saturated heterocycles. The van der Waals surface area contributed by atoms with Crippen molar-refractivity contribution in [3.05, 3.63) is 6.92 Å². The first-order chi connectivity index (χ1) is 4.83. The highest BCUT2D eigenvalue weighted by molar-refractivity contribution is 5.87. The summed E-state index contributed by atoms with van der Waals surface area (Å²) in [6, 6.07) is 0. The third-order valence-electron chi connectivity index (χ3n) is 1.39. The normalized spacial score (nSPS) is 19.2. The average Bonchev–Trinajstić information content (AvgIpc) is 2.67. The van der Waals surface area contributed by atoms with Crippen molar-refractivity contribution in [2.45, 2.75) is 38.7 Å². The van der Waals surface area contributed by atoms with E-state index in [9.17, 15) is 0 Å². The van der Waals surface area contributed by atoms with Crippen molar-refractivity contribution in [2.75, 3.05) is 0 Å². The lowest BCUT2D eigenvalue weighted by molar-refractivity contribution is 0.129. The van der Waals surface area contributed by atoms with Crippen molar-refractivity contribution in [3.8, 4) is 0 Å². The minimum absolute atomic E-state index is 0.411. The number of oxime groups is 1. The molecule has 1 radical (unpaired) electrons. The minimum Gasteiger partial charge on any atom is -0.393 e. The van der Waals surface area contributed by atoms with E-state index in [-0.39, 0.29) is 0 Å². The van der Waals surface area contributed by atoms with Crippen LogP contribution in [0, 0.1) is 6.92 Å². The van der Waals surface area contributed by atoms with Gasteiger partial charge in [-0.2, -0.15) is 0 Å². The van der Waals surface area contributed by atoms with E-state index in [0.29, 0.717) is 6.10 Å². The van der Waals surface area contributed by atoms with E-state index in [1.807, 2.05) is 0 Å². The zero-order valence-electron chi connectivity index (χ0n) is 6.47. The summed E-state index contributed by atoms with van der Waals surface area (Å²) < 4.78 is 0. The third-order valence-corrected chi connectivity index (χ3v) is 1.39. The highest BCUT2D eigenvalue weighted by atomic mass is 16.6. The van der Waals surface area contributed by atoms with Gasteiger partial charge in [0.15, 0.2) is 0 Å². The molecule has 0 amide bonds. The van der Waals surface area contributed by atoms with Crippen LogP contribution in [0.2, 0.25) is 0 Å². The van der Waals surface area contributed by atoms with Crippen molar-refractivity contribution < 1.29 is 4.84 Å². The molecule has 1 rings (SSSR count). The fourth-order valence-electron chi connectivity index (χ4n) is 0.657. The molecule has 0 heterocycles. The molecule has 57 valence electrons. The van der Waals surface area contributed by atoms with Crippen molar-refractivity contribution in [2.24, 2.45) is 5.16 Å². The van der Waals surface area contributed by atoms with Gasteiger partial charge >= 0.3 is 0 Å². The smallest absolute Gasteiger partial charge is 0.127 e. The molecule has 1 fully saturated rings. The summed E-state index contributed by atoms with van der Waals surface area (Å²) in [6.07, 6.45) is 4.79. The zero-order chi connectivity index (χ0) is 7.40. The van der Waals surface area contributed by atoms with Gasteiger partial charge in [-0.25, -0.2) is 0 Å². The Labute approximate surface area is 62.3 Å². The van der Waals surface area contributed by atoms with Crippen molar-refractivity contribution in [3.63, 3.8) is 0 Å². The zero-order valence-corrected chi connectivity index (χ0v) is 6.47. The first-order valence-corrected chi connectivity index (χ1v) is 3.87. The second-order valence-electron chi connectivity index (χ2n) is 2.71. The van der Waals surface area contributed by atoms with Crippen molar-refractivity contribution >= 4 is 5.71 Å². The highest BCUT2D eigenvalue weighted by Crippen LogP contribution is 2.23. The van der Waals surface area contributed by atoms with Crippen LogP contribution in [-0.2, 0) is 4.84 Å². The maximum Gasteiger partial charge on any atom is 0.127 e. The molecule has 1 aliphatic rings. The summed E-state index contributed by atoms with van der Waals surface area (Å²) in [5, 5.41) is 3.88. The fraction of sp³-hybridized carbons (Fsp3) is 0.750. The Kier molecular flexibility index (Phi) is 2.72. The quantitative estimate of drug-likeness (QED) is 0.433. The summed E-state index contributed by atoms with van der Waals surface area (Å²) in [5.41, 5.74) is 0.870. The van der Waals surface area contributed by atoms with Crippen LogP contribution < -0.4 is 0 Å². The number of nitrogens with zero attached hydrogens (tertiary/aromatic N) is 1. The lowest BCUT2D eigenvalue weighted by Gasteiger charge is -1.96. The predicted octanol–water partition coefficient (Wildman–Crippen LogP) is 2.16. The van der Waals surface area contributed by atoms with E-state index < -0.39 is 0 Å². The average molecular weight is 140 g/mol. The summed E-state index contributed by atoms with van der Waals surface area (Å²) in [5.74, 6) is 0. The monoisotopic (exact) mass is 140 g/mol. The van der Waals surface area contributed by atoms with Gasteiger partial charge in [0.05, 0.1) is 5.71 Å². The summed E-state index contributed by atoms with van der Waals surface area (Å²) in [4.78, 5) is 5.09. The third kappa shape index (κ3) is 2.85. The first kappa shape index (κ1) is 7.58. The van der Waals surface area contributed by atoms with E-state index >= 15 is 0 Å². The SMILES string of the molecule is [CH2]C(CCC)=NOC1CC1. The minimum atomic E-state index is 0.411. The van der Waals surface area contributed by atoms with E-state index in [4.69, 9.17) is 4.84 Å². The molecule has 1 saturated carbocycles. The van der Waals surface area contributed by atoms with Crippen LogP contribution in [-0.4, -0.2) is 11.8 Å². The molecule has 0 unspecified atom stereocenters. The molecule has 0 aromatic rings. The molecule has 2 heteroatoms. The van der Waals surface area contributed by atoms with Crippen molar-refractivity contribution in [1.82, 2.24) is 0 Å². The summed E-state index contributed by atoms with van der Waals surface area (Å²) >= 11 is 0. The van der Waals surface area contributed by atoms with Gasteiger partial charge in [0, 0.05) is 0 Å². The Hall–Kier alpha value is -0.530. The molecule has 10 heavy (non-hydrogen) atoms. The van der Waals surface area contributed by atoms with E-state index in [1.54, 1.807) is 0 Å². The molecular weight excluding hydrogens is 126 g/mol. The fourth-order valence-corrected chi connectivity index (χ4v) is 0.657.